The molecular weight excluding hydrogens is 276 g/mol. The lowest BCUT2D eigenvalue weighted by Gasteiger charge is -2.35. The van der Waals surface area contributed by atoms with Crippen LogP contribution in [0.5, 0.6) is 0 Å². The number of piperazine rings is 1. The van der Waals surface area contributed by atoms with E-state index >= 15 is 0 Å². The first-order valence-corrected chi connectivity index (χ1v) is 7.54. The standard InChI is InChI=1S/C16H22N6/c1-11-2-4-12(5-3-11)14(22-8-6-19-7-9-22)13-10-20-16(18)21-15(13)17/h2-5,10,14,19H,6-9H2,1H3,(H4,17,18,20,21). The van der Waals surface area contributed by atoms with Crippen LogP contribution in [0.25, 0.3) is 0 Å². The summed E-state index contributed by atoms with van der Waals surface area (Å²) >= 11 is 0. The number of nitrogens with two attached hydrogens (primary N) is 2. The Morgan fingerprint density at radius 2 is 1.82 bits per heavy atom. The van der Waals surface area contributed by atoms with Crippen molar-refractivity contribution in [2.24, 2.45) is 0 Å². The van der Waals surface area contributed by atoms with Crippen molar-refractivity contribution in [2.75, 3.05) is 37.6 Å². The van der Waals surface area contributed by atoms with Gasteiger partial charge in [-0.1, -0.05) is 29.8 Å². The minimum Gasteiger partial charge on any atom is -0.383 e. The molecule has 1 atom stereocenters. The number of nitrogens with zero attached hydrogens (tertiary/aromatic N) is 3. The van der Waals surface area contributed by atoms with Crippen LogP contribution in [0.15, 0.2) is 30.5 Å². The summed E-state index contributed by atoms with van der Waals surface area (Å²) in [5.74, 6) is 0.667. The van der Waals surface area contributed by atoms with Crippen molar-refractivity contribution in [1.29, 1.82) is 0 Å². The lowest BCUT2D eigenvalue weighted by atomic mass is 9.97. The largest absolute Gasteiger partial charge is 0.383 e. The molecule has 1 saturated heterocycles. The molecule has 1 aliphatic heterocycles. The van der Waals surface area contributed by atoms with Crippen molar-refractivity contribution >= 4 is 11.8 Å². The van der Waals surface area contributed by atoms with Crippen LogP contribution >= 0.6 is 0 Å². The first-order chi connectivity index (χ1) is 10.6. The Balaban J connectivity index is 2.03. The number of benzene rings is 1. The van der Waals surface area contributed by atoms with E-state index in [9.17, 15) is 0 Å². The van der Waals surface area contributed by atoms with Gasteiger partial charge in [0.25, 0.3) is 0 Å². The highest BCUT2D eigenvalue weighted by atomic mass is 15.2. The fourth-order valence-corrected chi connectivity index (χ4v) is 2.91. The number of anilines is 2. The average Bonchev–Trinajstić information content (AvgIpc) is 2.52. The molecule has 1 fully saturated rings. The molecule has 1 aliphatic rings. The van der Waals surface area contributed by atoms with Crippen LogP contribution < -0.4 is 16.8 Å². The van der Waals surface area contributed by atoms with E-state index in [2.05, 4.69) is 51.4 Å². The summed E-state index contributed by atoms with van der Waals surface area (Å²) in [5, 5.41) is 3.38. The molecule has 0 bridgehead atoms. The number of hydrogen-bond acceptors (Lipinski definition) is 6. The Hall–Kier alpha value is -2.18. The van der Waals surface area contributed by atoms with Gasteiger partial charge in [-0.2, -0.15) is 4.98 Å². The number of nitrogens with one attached hydrogen (secondary N) is 1. The summed E-state index contributed by atoms with van der Waals surface area (Å²) in [6.07, 6.45) is 1.75. The molecule has 0 amide bonds. The van der Waals surface area contributed by atoms with Gasteiger partial charge in [-0.15, -0.1) is 0 Å². The minimum atomic E-state index is 0.0586. The molecule has 22 heavy (non-hydrogen) atoms. The molecule has 1 unspecified atom stereocenters. The van der Waals surface area contributed by atoms with E-state index in [1.54, 1.807) is 6.20 Å². The van der Waals surface area contributed by atoms with Gasteiger partial charge in [0.2, 0.25) is 5.95 Å². The SMILES string of the molecule is Cc1ccc(C(c2cnc(N)nc2N)N2CCNCC2)cc1. The molecule has 0 saturated carbocycles. The van der Waals surface area contributed by atoms with Gasteiger partial charge in [-0.3, -0.25) is 4.90 Å². The molecule has 6 nitrogen and oxygen atoms in total. The van der Waals surface area contributed by atoms with E-state index in [4.69, 9.17) is 11.5 Å². The van der Waals surface area contributed by atoms with Crippen LogP contribution in [-0.4, -0.2) is 41.0 Å². The molecule has 6 heteroatoms. The molecule has 0 spiro atoms. The van der Waals surface area contributed by atoms with Crippen LogP contribution in [0.4, 0.5) is 11.8 Å². The monoisotopic (exact) mass is 298 g/mol. The summed E-state index contributed by atoms with van der Waals surface area (Å²) in [4.78, 5) is 10.7. The predicted molar refractivity (Wildman–Crippen MR) is 88.3 cm³/mol. The molecule has 1 aromatic heterocycles. The zero-order chi connectivity index (χ0) is 15.5. The van der Waals surface area contributed by atoms with Gasteiger partial charge in [0.05, 0.1) is 6.04 Å². The second-order valence-electron chi connectivity index (χ2n) is 5.67. The molecule has 116 valence electrons. The Labute approximate surface area is 130 Å². The maximum atomic E-state index is 6.12. The Morgan fingerprint density at radius 1 is 1.14 bits per heavy atom. The zero-order valence-corrected chi connectivity index (χ0v) is 12.8. The third-order valence-corrected chi connectivity index (χ3v) is 4.07. The topological polar surface area (TPSA) is 93.1 Å². The zero-order valence-electron chi connectivity index (χ0n) is 12.8. The van der Waals surface area contributed by atoms with Crippen molar-refractivity contribution in [1.82, 2.24) is 20.2 Å². The maximum Gasteiger partial charge on any atom is 0.221 e. The molecular formula is C16H22N6. The van der Waals surface area contributed by atoms with Gasteiger partial charge in [0.1, 0.15) is 5.82 Å². The van der Waals surface area contributed by atoms with Crippen LogP contribution in [0.3, 0.4) is 0 Å². The Morgan fingerprint density at radius 3 is 2.45 bits per heavy atom. The Kier molecular flexibility index (Phi) is 4.22. The van der Waals surface area contributed by atoms with E-state index in [0.29, 0.717) is 5.82 Å². The third kappa shape index (κ3) is 3.03. The van der Waals surface area contributed by atoms with E-state index < -0.39 is 0 Å². The van der Waals surface area contributed by atoms with Crippen molar-refractivity contribution in [3.63, 3.8) is 0 Å². The molecule has 2 heterocycles. The first kappa shape index (κ1) is 14.7. The highest BCUT2D eigenvalue weighted by Gasteiger charge is 2.26. The van der Waals surface area contributed by atoms with E-state index in [1.807, 2.05) is 0 Å². The van der Waals surface area contributed by atoms with Gasteiger partial charge in [-0.05, 0) is 12.5 Å². The molecule has 3 rings (SSSR count). The second-order valence-corrected chi connectivity index (χ2v) is 5.67. The summed E-state index contributed by atoms with van der Waals surface area (Å²) in [5.41, 5.74) is 15.1. The van der Waals surface area contributed by atoms with Crippen molar-refractivity contribution in [3.05, 3.63) is 47.2 Å². The number of aryl methyl sites for hydroxylation is 1. The fraction of sp³-hybridized carbons (Fsp3) is 0.375. The lowest BCUT2D eigenvalue weighted by Crippen LogP contribution is -2.45. The van der Waals surface area contributed by atoms with Crippen molar-refractivity contribution < 1.29 is 0 Å². The van der Waals surface area contributed by atoms with E-state index in [-0.39, 0.29) is 12.0 Å². The normalized spacial score (nSPS) is 17.3. The van der Waals surface area contributed by atoms with Crippen LogP contribution in [0, 0.1) is 6.92 Å². The number of aromatic nitrogens is 2. The maximum absolute atomic E-state index is 6.12. The van der Waals surface area contributed by atoms with Crippen LogP contribution in [-0.2, 0) is 0 Å². The highest BCUT2D eigenvalue weighted by molar-refractivity contribution is 5.47. The molecule has 2 aromatic rings. The lowest BCUT2D eigenvalue weighted by molar-refractivity contribution is 0.198. The molecule has 5 N–H and O–H groups in total. The Bertz CT molecular complexity index is 634. The smallest absolute Gasteiger partial charge is 0.221 e. The predicted octanol–water partition coefficient (Wildman–Crippen LogP) is 0.944. The van der Waals surface area contributed by atoms with E-state index in [0.717, 1.165) is 31.7 Å². The van der Waals surface area contributed by atoms with Gasteiger partial charge in [-0.25, -0.2) is 4.98 Å². The van der Waals surface area contributed by atoms with Gasteiger partial charge >= 0.3 is 0 Å². The fourth-order valence-electron chi connectivity index (χ4n) is 2.91. The number of nitrogen functional groups attached to an aromatic ring is 2. The van der Waals surface area contributed by atoms with E-state index in [1.165, 1.54) is 11.1 Å². The highest BCUT2D eigenvalue weighted by Crippen LogP contribution is 2.31. The quantitative estimate of drug-likeness (QED) is 0.781. The number of hydrogen-bond donors (Lipinski definition) is 3. The van der Waals surface area contributed by atoms with Gasteiger partial charge in [0.15, 0.2) is 0 Å². The van der Waals surface area contributed by atoms with Crippen molar-refractivity contribution in [2.45, 2.75) is 13.0 Å². The van der Waals surface area contributed by atoms with Crippen molar-refractivity contribution in [3.8, 4) is 0 Å². The molecule has 0 aliphatic carbocycles. The first-order valence-electron chi connectivity index (χ1n) is 7.54. The minimum absolute atomic E-state index is 0.0586. The second kappa shape index (κ2) is 6.29. The summed E-state index contributed by atoms with van der Waals surface area (Å²) in [6.45, 7) is 5.95. The summed E-state index contributed by atoms with van der Waals surface area (Å²) in [7, 11) is 0. The summed E-state index contributed by atoms with van der Waals surface area (Å²) < 4.78 is 0. The third-order valence-electron chi connectivity index (χ3n) is 4.07. The van der Waals surface area contributed by atoms with Gasteiger partial charge < -0.3 is 16.8 Å². The molecule has 1 aromatic carbocycles. The average molecular weight is 298 g/mol. The van der Waals surface area contributed by atoms with Gasteiger partial charge in [0, 0.05) is 37.9 Å². The van der Waals surface area contributed by atoms with Crippen LogP contribution in [0.1, 0.15) is 22.7 Å². The molecule has 0 radical (unpaired) electrons. The summed E-state index contributed by atoms with van der Waals surface area (Å²) in [6, 6.07) is 8.61. The van der Waals surface area contributed by atoms with Crippen LogP contribution in [0.2, 0.25) is 0 Å². The number of rotatable bonds is 3.